The first kappa shape index (κ1) is 30.8. The summed E-state index contributed by atoms with van der Waals surface area (Å²) in [5.41, 5.74) is 8.88. The summed E-state index contributed by atoms with van der Waals surface area (Å²) < 4.78 is 6.15. The van der Waals surface area contributed by atoms with Gasteiger partial charge in [0.2, 0.25) is 5.95 Å². The van der Waals surface area contributed by atoms with Crippen molar-refractivity contribution in [2.24, 2.45) is 0 Å². The van der Waals surface area contributed by atoms with Crippen LogP contribution in [0.4, 0.5) is 0 Å². The van der Waals surface area contributed by atoms with Gasteiger partial charge >= 0.3 is 0 Å². The molecule has 0 saturated carbocycles. The molecule has 0 amide bonds. The number of para-hydroxylation sites is 1. The van der Waals surface area contributed by atoms with Crippen molar-refractivity contribution in [3.8, 4) is 39.5 Å². The highest BCUT2D eigenvalue weighted by molar-refractivity contribution is 7.27. The smallest absolute Gasteiger partial charge is 0.236 e. The number of hydrogen-bond acceptors (Lipinski definition) is 4. The monoisotopic (exact) mass is 735 g/mol. The quantitative estimate of drug-likeness (QED) is 0.180. The highest BCUT2D eigenvalue weighted by Gasteiger charge is 2.25. The molecule has 0 aliphatic rings. The van der Waals surface area contributed by atoms with Gasteiger partial charge in [-0.15, -0.1) is 22.7 Å². The Bertz CT molecular complexity index is 3430. The van der Waals surface area contributed by atoms with Crippen molar-refractivity contribution in [1.29, 1.82) is 0 Å². The number of thiophene rings is 2. The molecule has 0 radical (unpaired) electrons. The van der Waals surface area contributed by atoms with E-state index in [1.165, 1.54) is 62.9 Å². The van der Waals surface area contributed by atoms with E-state index in [4.69, 9.17) is 9.97 Å². The third-order valence-corrected chi connectivity index (χ3v) is 13.3. The Morgan fingerprint density at radius 1 is 0.382 bits per heavy atom. The zero-order valence-electron chi connectivity index (χ0n) is 29.4. The van der Waals surface area contributed by atoms with Crippen LogP contribution in [0, 0.1) is 0 Å². The van der Waals surface area contributed by atoms with E-state index in [2.05, 4.69) is 180 Å². The van der Waals surface area contributed by atoms with Gasteiger partial charge in [-0.2, -0.15) is 0 Å². The summed E-state index contributed by atoms with van der Waals surface area (Å²) in [6.45, 7) is 0. The highest BCUT2D eigenvalue weighted by Crippen LogP contribution is 2.48. The van der Waals surface area contributed by atoms with E-state index >= 15 is 0 Å². The largest absolute Gasteiger partial charge is 0.277 e. The molecule has 5 heteroatoms. The number of aromatic nitrogens is 3. The number of benzene rings is 8. The molecule has 0 fully saturated rings. The number of hydrogen-bond donors (Lipinski definition) is 0. The normalized spacial score (nSPS) is 12.0. The van der Waals surface area contributed by atoms with Gasteiger partial charge in [-0.3, -0.25) is 4.57 Å². The molecule has 0 saturated heterocycles. The molecule has 8 aromatic carbocycles. The van der Waals surface area contributed by atoms with Crippen LogP contribution in [-0.4, -0.2) is 14.5 Å². The molecule has 0 spiro atoms. The maximum absolute atomic E-state index is 5.70. The molecule has 0 atom stereocenters. The second-order valence-electron chi connectivity index (χ2n) is 14.1. The Morgan fingerprint density at radius 3 is 1.60 bits per heavy atom. The highest BCUT2D eigenvalue weighted by atomic mass is 32.1. The molecular formula is C50H29N3S2. The van der Waals surface area contributed by atoms with Crippen molar-refractivity contribution in [2.45, 2.75) is 0 Å². The van der Waals surface area contributed by atoms with Crippen molar-refractivity contribution in [2.75, 3.05) is 0 Å². The minimum atomic E-state index is 0.677. The predicted octanol–water partition coefficient (Wildman–Crippen LogP) is 14.5. The van der Waals surface area contributed by atoms with E-state index in [-0.39, 0.29) is 0 Å². The third-order valence-electron chi connectivity index (χ3n) is 11.0. The van der Waals surface area contributed by atoms with Crippen molar-refractivity contribution < 1.29 is 0 Å². The number of rotatable bonds is 4. The fourth-order valence-corrected chi connectivity index (χ4v) is 10.9. The first-order valence-corrected chi connectivity index (χ1v) is 20.1. The van der Waals surface area contributed by atoms with Gasteiger partial charge in [0.1, 0.15) is 4.83 Å². The molecule has 4 heterocycles. The van der Waals surface area contributed by atoms with Gasteiger partial charge < -0.3 is 0 Å². The summed E-state index contributed by atoms with van der Waals surface area (Å²) in [6, 6.07) is 63.4. The second kappa shape index (κ2) is 11.9. The van der Waals surface area contributed by atoms with Crippen LogP contribution in [0.25, 0.3) is 113 Å². The zero-order chi connectivity index (χ0) is 36.0. The maximum atomic E-state index is 5.70. The van der Waals surface area contributed by atoms with Crippen molar-refractivity contribution in [3.63, 3.8) is 0 Å². The molecule has 12 aromatic rings. The first-order valence-electron chi connectivity index (χ1n) is 18.5. The Hall–Kier alpha value is -6.66. The average molecular weight is 736 g/mol. The standard InChI is InChI=1S/C50H29N3S2/c1-3-15-30(16-4-1)32-27-33(31-17-5-2-6-18-31)29-34(28-32)46-45-39-23-11-14-26-42(39)55-49(45)52-50(51-46)53-40-24-12-9-21-37(40)43-44-38-22-10-13-25-41(38)54-48(44)36-20-8-7-19-35(36)47(43)53/h1-29H. The molecule has 0 N–H and O–H groups in total. The number of fused-ring (bicyclic) bond motifs is 13. The van der Waals surface area contributed by atoms with Gasteiger partial charge in [0, 0.05) is 62.8 Å². The molecule has 0 aliphatic carbocycles. The average Bonchev–Trinajstić information content (AvgIpc) is 3.94. The van der Waals surface area contributed by atoms with E-state index in [0.29, 0.717) is 5.95 Å². The lowest BCUT2D eigenvalue weighted by Crippen LogP contribution is -2.03. The summed E-state index contributed by atoms with van der Waals surface area (Å²) in [5, 5.41) is 9.76. The van der Waals surface area contributed by atoms with E-state index in [1.807, 2.05) is 11.3 Å². The zero-order valence-corrected chi connectivity index (χ0v) is 31.0. The van der Waals surface area contributed by atoms with Gasteiger partial charge in [0.25, 0.3) is 0 Å². The lowest BCUT2D eigenvalue weighted by molar-refractivity contribution is 1.02. The third kappa shape index (κ3) is 4.61. The lowest BCUT2D eigenvalue weighted by atomic mass is 9.94. The van der Waals surface area contributed by atoms with Crippen LogP contribution in [0.2, 0.25) is 0 Å². The summed E-state index contributed by atoms with van der Waals surface area (Å²) >= 11 is 3.62. The second-order valence-corrected chi connectivity index (χ2v) is 16.2. The predicted molar refractivity (Wildman–Crippen MR) is 236 cm³/mol. The van der Waals surface area contributed by atoms with Crippen LogP contribution in [0.5, 0.6) is 0 Å². The molecule has 4 aromatic heterocycles. The Labute approximate surface area is 324 Å². The van der Waals surface area contributed by atoms with Crippen molar-refractivity contribution in [3.05, 3.63) is 176 Å². The van der Waals surface area contributed by atoms with Crippen LogP contribution in [0.15, 0.2) is 176 Å². The first-order chi connectivity index (χ1) is 27.3. The Balaban J connectivity index is 1.25. The fourth-order valence-electron chi connectivity index (χ4n) is 8.61. The molecule has 256 valence electrons. The van der Waals surface area contributed by atoms with Crippen LogP contribution >= 0.6 is 22.7 Å². The maximum Gasteiger partial charge on any atom is 0.236 e. The summed E-state index contributed by atoms with van der Waals surface area (Å²) in [5.74, 6) is 0.677. The minimum absolute atomic E-state index is 0.677. The van der Waals surface area contributed by atoms with Crippen LogP contribution in [0.3, 0.4) is 0 Å². The van der Waals surface area contributed by atoms with E-state index in [1.54, 1.807) is 11.3 Å². The van der Waals surface area contributed by atoms with Crippen LogP contribution in [-0.2, 0) is 0 Å². The fraction of sp³-hybridized carbons (Fsp3) is 0. The molecule has 12 rings (SSSR count). The number of nitrogens with zero attached hydrogens (tertiary/aromatic N) is 3. The molecule has 0 unspecified atom stereocenters. The minimum Gasteiger partial charge on any atom is -0.277 e. The van der Waals surface area contributed by atoms with E-state index in [9.17, 15) is 0 Å². The summed E-state index contributed by atoms with van der Waals surface area (Å²) in [7, 11) is 0. The van der Waals surface area contributed by atoms with Crippen molar-refractivity contribution in [1.82, 2.24) is 14.5 Å². The molecule has 0 bridgehead atoms. The van der Waals surface area contributed by atoms with Gasteiger partial charge in [0.05, 0.1) is 16.7 Å². The van der Waals surface area contributed by atoms with Gasteiger partial charge in [-0.1, -0.05) is 140 Å². The lowest BCUT2D eigenvalue weighted by Gasteiger charge is -2.14. The van der Waals surface area contributed by atoms with Crippen LogP contribution < -0.4 is 0 Å². The van der Waals surface area contributed by atoms with Crippen LogP contribution in [0.1, 0.15) is 0 Å². The Morgan fingerprint density at radius 2 is 0.909 bits per heavy atom. The summed E-state index contributed by atoms with van der Waals surface area (Å²) in [6.07, 6.45) is 0. The summed E-state index contributed by atoms with van der Waals surface area (Å²) in [4.78, 5) is 12.2. The van der Waals surface area contributed by atoms with E-state index < -0.39 is 0 Å². The van der Waals surface area contributed by atoms with Gasteiger partial charge in [0.15, 0.2) is 0 Å². The molecular weight excluding hydrogens is 707 g/mol. The molecule has 55 heavy (non-hydrogen) atoms. The van der Waals surface area contributed by atoms with Gasteiger partial charge in [-0.25, -0.2) is 9.97 Å². The van der Waals surface area contributed by atoms with Gasteiger partial charge in [-0.05, 0) is 58.7 Å². The van der Waals surface area contributed by atoms with Crippen molar-refractivity contribution >= 4 is 95.7 Å². The topological polar surface area (TPSA) is 30.7 Å². The van der Waals surface area contributed by atoms with E-state index in [0.717, 1.165) is 43.6 Å². The molecule has 0 aliphatic heterocycles. The SMILES string of the molecule is c1ccc(-c2cc(-c3ccccc3)cc(-c3nc(-n4c5ccccc5c5c6c7ccccc7sc6c6ccccc6c54)nc4sc5ccccc5c34)c2)cc1. The Kier molecular flexibility index (Phi) is 6.67. The molecule has 3 nitrogen and oxygen atoms in total.